The van der Waals surface area contributed by atoms with Crippen LogP contribution in [0.2, 0.25) is 0 Å². The maximum atomic E-state index is 13.7. The summed E-state index contributed by atoms with van der Waals surface area (Å²) in [7, 11) is 1.96. The summed E-state index contributed by atoms with van der Waals surface area (Å²) in [6.45, 7) is 6.18. The van der Waals surface area contributed by atoms with E-state index in [1.165, 1.54) is 17.2 Å². The standard InChI is InChI=1S/C18H22FNO/c1-12-6-5-7-15(8-12)11-20(4)18-9-13(2)17(19)10-16(18)14(3)21/h5-10,14,21H,11H2,1-4H3. The number of halogens is 1. The largest absolute Gasteiger partial charge is 0.389 e. The second-order valence-corrected chi connectivity index (χ2v) is 5.68. The van der Waals surface area contributed by atoms with Crippen molar-refractivity contribution in [3.8, 4) is 0 Å². The van der Waals surface area contributed by atoms with Gasteiger partial charge < -0.3 is 10.0 Å². The van der Waals surface area contributed by atoms with Gasteiger partial charge in [-0.2, -0.15) is 0 Å². The SMILES string of the molecule is Cc1cccc(CN(C)c2cc(C)c(F)cc2C(C)O)c1. The Morgan fingerprint density at radius 2 is 1.90 bits per heavy atom. The number of benzene rings is 2. The zero-order valence-electron chi connectivity index (χ0n) is 13.0. The summed E-state index contributed by atoms with van der Waals surface area (Å²) in [4.78, 5) is 2.04. The first-order valence-corrected chi connectivity index (χ1v) is 7.13. The molecule has 0 saturated carbocycles. The molecule has 0 aliphatic rings. The number of aliphatic hydroxyl groups is 1. The smallest absolute Gasteiger partial charge is 0.126 e. The molecule has 2 aromatic rings. The molecule has 2 rings (SSSR count). The fraction of sp³-hybridized carbons (Fsp3) is 0.333. The predicted molar refractivity (Wildman–Crippen MR) is 85.1 cm³/mol. The minimum Gasteiger partial charge on any atom is -0.389 e. The van der Waals surface area contributed by atoms with E-state index in [0.29, 0.717) is 17.7 Å². The summed E-state index contributed by atoms with van der Waals surface area (Å²) < 4.78 is 13.7. The molecule has 0 aliphatic heterocycles. The van der Waals surface area contributed by atoms with E-state index in [4.69, 9.17) is 0 Å². The van der Waals surface area contributed by atoms with E-state index in [-0.39, 0.29) is 5.82 Å². The zero-order valence-corrected chi connectivity index (χ0v) is 13.0. The van der Waals surface area contributed by atoms with Crippen molar-refractivity contribution in [2.24, 2.45) is 0 Å². The van der Waals surface area contributed by atoms with Crippen molar-refractivity contribution < 1.29 is 9.50 Å². The van der Waals surface area contributed by atoms with Crippen LogP contribution in [0, 0.1) is 19.7 Å². The normalized spacial score (nSPS) is 12.3. The molecule has 3 heteroatoms. The minimum atomic E-state index is -0.699. The zero-order chi connectivity index (χ0) is 15.6. The van der Waals surface area contributed by atoms with Crippen molar-refractivity contribution in [3.05, 3.63) is 64.5 Å². The van der Waals surface area contributed by atoms with Crippen molar-refractivity contribution in [1.82, 2.24) is 0 Å². The molecule has 0 spiro atoms. The van der Waals surface area contributed by atoms with Crippen LogP contribution in [0.15, 0.2) is 36.4 Å². The Morgan fingerprint density at radius 1 is 1.19 bits per heavy atom. The van der Waals surface area contributed by atoms with Crippen LogP contribution in [0.4, 0.5) is 10.1 Å². The number of aryl methyl sites for hydroxylation is 2. The fourth-order valence-electron chi connectivity index (χ4n) is 2.52. The van der Waals surface area contributed by atoms with Crippen LogP contribution in [0.3, 0.4) is 0 Å². The van der Waals surface area contributed by atoms with Crippen LogP contribution in [0.1, 0.15) is 35.3 Å². The summed E-state index contributed by atoms with van der Waals surface area (Å²) in [5.74, 6) is -0.279. The molecule has 0 heterocycles. The quantitative estimate of drug-likeness (QED) is 0.914. The van der Waals surface area contributed by atoms with E-state index in [2.05, 4.69) is 25.1 Å². The van der Waals surface area contributed by atoms with Crippen LogP contribution in [0.25, 0.3) is 0 Å². The third-order valence-electron chi connectivity index (χ3n) is 3.67. The Morgan fingerprint density at radius 3 is 2.52 bits per heavy atom. The molecule has 0 saturated heterocycles. The highest BCUT2D eigenvalue weighted by molar-refractivity contribution is 5.56. The van der Waals surface area contributed by atoms with Crippen LogP contribution >= 0.6 is 0 Å². The highest BCUT2D eigenvalue weighted by atomic mass is 19.1. The lowest BCUT2D eigenvalue weighted by atomic mass is 10.0. The van der Waals surface area contributed by atoms with Crippen LogP contribution in [-0.4, -0.2) is 12.2 Å². The summed E-state index contributed by atoms with van der Waals surface area (Å²) in [6, 6.07) is 11.5. The molecule has 1 unspecified atom stereocenters. The maximum absolute atomic E-state index is 13.7. The van der Waals surface area contributed by atoms with Gasteiger partial charge in [-0.05, 0) is 44.0 Å². The predicted octanol–water partition coefficient (Wildman–Crippen LogP) is 4.13. The van der Waals surface area contributed by atoms with Crippen molar-refractivity contribution in [3.63, 3.8) is 0 Å². The lowest BCUT2D eigenvalue weighted by Crippen LogP contribution is -2.19. The summed E-state index contributed by atoms with van der Waals surface area (Å²) in [5, 5.41) is 9.89. The van der Waals surface area contributed by atoms with Gasteiger partial charge >= 0.3 is 0 Å². The average molecular weight is 287 g/mol. The molecule has 0 amide bonds. The van der Waals surface area contributed by atoms with Gasteiger partial charge in [-0.1, -0.05) is 29.8 Å². The Labute approximate surface area is 125 Å². The van der Waals surface area contributed by atoms with Crippen molar-refractivity contribution in [2.75, 3.05) is 11.9 Å². The number of hydrogen-bond donors (Lipinski definition) is 1. The Hall–Kier alpha value is -1.87. The van der Waals surface area contributed by atoms with Gasteiger partial charge in [0.15, 0.2) is 0 Å². The topological polar surface area (TPSA) is 23.5 Å². The second-order valence-electron chi connectivity index (χ2n) is 5.68. The third-order valence-corrected chi connectivity index (χ3v) is 3.67. The van der Waals surface area contributed by atoms with E-state index in [9.17, 15) is 9.50 Å². The van der Waals surface area contributed by atoms with E-state index in [1.54, 1.807) is 19.9 Å². The first kappa shape index (κ1) is 15.5. The fourth-order valence-corrected chi connectivity index (χ4v) is 2.52. The van der Waals surface area contributed by atoms with Crippen molar-refractivity contribution >= 4 is 5.69 Å². The molecular weight excluding hydrogens is 265 g/mol. The highest BCUT2D eigenvalue weighted by Crippen LogP contribution is 2.29. The summed E-state index contributed by atoms with van der Waals surface area (Å²) in [6.07, 6.45) is -0.699. The number of nitrogens with zero attached hydrogens (tertiary/aromatic N) is 1. The summed E-state index contributed by atoms with van der Waals surface area (Å²) >= 11 is 0. The Kier molecular flexibility index (Phi) is 4.63. The molecule has 1 atom stereocenters. The van der Waals surface area contributed by atoms with E-state index < -0.39 is 6.10 Å². The molecule has 0 aromatic heterocycles. The third kappa shape index (κ3) is 3.61. The Balaban J connectivity index is 2.34. The molecule has 112 valence electrons. The van der Waals surface area contributed by atoms with Gasteiger partial charge in [0.2, 0.25) is 0 Å². The Bertz CT molecular complexity index is 637. The molecular formula is C18H22FNO. The molecule has 0 bridgehead atoms. The van der Waals surface area contributed by atoms with E-state index >= 15 is 0 Å². The minimum absolute atomic E-state index is 0.279. The van der Waals surface area contributed by atoms with Gasteiger partial charge in [0, 0.05) is 24.8 Å². The van der Waals surface area contributed by atoms with Crippen LogP contribution in [-0.2, 0) is 6.54 Å². The number of aliphatic hydroxyl groups excluding tert-OH is 1. The molecule has 1 N–H and O–H groups in total. The number of hydrogen-bond acceptors (Lipinski definition) is 2. The van der Waals surface area contributed by atoms with Crippen molar-refractivity contribution in [1.29, 1.82) is 0 Å². The van der Waals surface area contributed by atoms with Gasteiger partial charge in [-0.25, -0.2) is 4.39 Å². The monoisotopic (exact) mass is 287 g/mol. The molecule has 2 aromatic carbocycles. The molecule has 2 nitrogen and oxygen atoms in total. The number of anilines is 1. The van der Waals surface area contributed by atoms with Gasteiger partial charge in [-0.15, -0.1) is 0 Å². The number of rotatable bonds is 4. The maximum Gasteiger partial charge on any atom is 0.126 e. The summed E-state index contributed by atoms with van der Waals surface area (Å²) in [5.41, 5.74) is 4.48. The van der Waals surface area contributed by atoms with E-state index in [1.807, 2.05) is 18.0 Å². The van der Waals surface area contributed by atoms with Crippen LogP contribution in [0.5, 0.6) is 0 Å². The molecule has 21 heavy (non-hydrogen) atoms. The van der Waals surface area contributed by atoms with Gasteiger partial charge in [-0.3, -0.25) is 0 Å². The second kappa shape index (κ2) is 6.27. The molecule has 0 radical (unpaired) electrons. The highest BCUT2D eigenvalue weighted by Gasteiger charge is 2.15. The van der Waals surface area contributed by atoms with Gasteiger partial charge in [0.25, 0.3) is 0 Å². The first-order valence-electron chi connectivity index (χ1n) is 7.13. The first-order chi connectivity index (χ1) is 9.88. The van der Waals surface area contributed by atoms with E-state index in [0.717, 1.165) is 5.69 Å². The van der Waals surface area contributed by atoms with Gasteiger partial charge in [0.1, 0.15) is 5.82 Å². The van der Waals surface area contributed by atoms with Gasteiger partial charge in [0.05, 0.1) is 6.10 Å². The lowest BCUT2D eigenvalue weighted by Gasteiger charge is -2.25. The molecule has 0 fully saturated rings. The lowest BCUT2D eigenvalue weighted by molar-refractivity contribution is 0.199. The van der Waals surface area contributed by atoms with Crippen LogP contribution < -0.4 is 4.90 Å². The molecule has 0 aliphatic carbocycles. The van der Waals surface area contributed by atoms with Crippen molar-refractivity contribution in [2.45, 2.75) is 33.4 Å². The average Bonchev–Trinajstić information content (AvgIpc) is 2.41.